The van der Waals surface area contributed by atoms with Gasteiger partial charge in [0.1, 0.15) is 5.75 Å². The van der Waals surface area contributed by atoms with Crippen LogP contribution in [0.2, 0.25) is 5.02 Å². The largest absolute Gasteiger partial charge is 0.495 e. The Hall–Kier alpha value is -1.66. The molecule has 0 spiro atoms. The van der Waals surface area contributed by atoms with Crippen LogP contribution in [0.25, 0.3) is 0 Å². The first-order valence-electron chi connectivity index (χ1n) is 8.75. The fraction of sp³-hybridized carbons (Fsp3) is 0.350. The maximum absolute atomic E-state index is 12.4. The number of benzene rings is 2. The van der Waals surface area contributed by atoms with Crippen molar-refractivity contribution >= 4 is 48.0 Å². The fourth-order valence-corrected chi connectivity index (χ4v) is 3.44. The number of anilines is 1. The van der Waals surface area contributed by atoms with Crippen LogP contribution < -0.4 is 20.7 Å². The average molecular weight is 447 g/mol. The van der Waals surface area contributed by atoms with E-state index in [1.165, 1.54) is 0 Å². The molecule has 1 aliphatic heterocycles. The summed E-state index contributed by atoms with van der Waals surface area (Å²) in [5.74, 6) is 0.668. The van der Waals surface area contributed by atoms with Crippen LogP contribution in [0.5, 0.6) is 5.75 Å². The lowest BCUT2D eigenvalue weighted by atomic mass is 10.1. The van der Waals surface area contributed by atoms with Gasteiger partial charge in [0.05, 0.1) is 18.8 Å². The second-order valence-corrected chi connectivity index (χ2v) is 6.99. The number of carbonyl (C=O) groups is 1. The van der Waals surface area contributed by atoms with Crippen molar-refractivity contribution in [3.05, 3.63) is 59.1 Å². The van der Waals surface area contributed by atoms with Crippen LogP contribution in [-0.4, -0.2) is 38.2 Å². The van der Waals surface area contributed by atoms with Crippen LogP contribution >= 0.6 is 36.4 Å². The molecule has 28 heavy (non-hydrogen) atoms. The number of ether oxygens (including phenoxy) is 1. The van der Waals surface area contributed by atoms with Gasteiger partial charge in [0, 0.05) is 24.2 Å². The summed E-state index contributed by atoms with van der Waals surface area (Å²) in [5, 5.41) is 3.74. The number of nitrogens with zero attached hydrogens (tertiary/aromatic N) is 1. The Balaban J connectivity index is 0.00000196. The van der Waals surface area contributed by atoms with Crippen molar-refractivity contribution in [3.63, 3.8) is 0 Å². The number of hydrogen-bond acceptors (Lipinski definition) is 4. The zero-order valence-corrected chi connectivity index (χ0v) is 18.0. The molecule has 1 heterocycles. The number of nitrogens with two attached hydrogens (primary N) is 1. The minimum Gasteiger partial charge on any atom is -0.495 e. The molecule has 0 saturated carbocycles. The van der Waals surface area contributed by atoms with E-state index in [0.29, 0.717) is 18.0 Å². The molecule has 0 bridgehead atoms. The normalized spacial score (nSPS) is 16.5. The maximum atomic E-state index is 12.4. The summed E-state index contributed by atoms with van der Waals surface area (Å²) in [5.41, 5.74) is 8.09. The highest BCUT2D eigenvalue weighted by Gasteiger charge is 2.27. The minimum atomic E-state index is -0.549. The smallest absolute Gasteiger partial charge is 0.237 e. The van der Waals surface area contributed by atoms with Gasteiger partial charge in [-0.2, -0.15) is 0 Å². The molecule has 0 radical (unpaired) electrons. The van der Waals surface area contributed by atoms with Gasteiger partial charge in [0.15, 0.2) is 0 Å². The molecule has 1 fully saturated rings. The molecule has 2 aromatic carbocycles. The van der Waals surface area contributed by atoms with Gasteiger partial charge in [0.2, 0.25) is 5.91 Å². The van der Waals surface area contributed by atoms with Crippen molar-refractivity contribution in [1.82, 2.24) is 5.32 Å². The monoisotopic (exact) mass is 445 g/mol. The summed E-state index contributed by atoms with van der Waals surface area (Å²) in [7, 11) is 1.64. The van der Waals surface area contributed by atoms with Gasteiger partial charge in [-0.3, -0.25) is 4.79 Å². The molecule has 3 N–H and O–H groups in total. The lowest BCUT2D eigenvalue weighted by molar-refractivity contribution is -0.122. The molecule has 3 rings (SSSR count). The quantitative estimate of drug-likeness (QED) is 0.713. The summed E-state index contributed by atoms with van der Waals surface area (Å²) in [6, 6.07) is 14.9. The first kappa shape index (κ1) is 24.4. The highest BCUT2D eigenvalue weighted by Crippen LogP contribution is 2.33. The predicted octanol–water partition coefficient (Wildman–Crippen LogP) is 3.46. The van der Waals surface area contributed by atoms with E-state index in [9.17, 15) is 4.79 Å². The molecular weight excluding hydrogens is 421 g/mol. The van der Waals surface area contributed by atoms with E-state index < -0.39 is 6.04 Å². The highest BCUT2D eigenvalue weighted by molar-refractivity contribution is 6.30. The summed E-state index contributed by atoms with van der Waals surface area (Å²) in [6.45, 7) is 1.54. The number of halogens is 3. The number of amides is 1. The molecule has 8 heteroatoms. The second kappa shape index (κ2) is 11.4. The predicted molar refractivity (Wildman–Crippen MR) is 119 cm³/mol. The van der Waals surface area contributed by atoms with Crippen molar-refractivity contribution in [1.29, 1.82) is 0 Å². The van der Waals surface area contributed by atoms with E-state index in [1.807, 2.05) is 48.5 Å². The van der Waals surface area contributed by atoms with Gasteiger partial charge < -0.3 is 20.7 Å². The van der Waals surface area contributed by atoms with Crippen LogP contribution in [-0.2, 0) is 11.2 Å². The summed E-state index contributed by atoms with van der Waals surface area (Å²) in [4.78, 5) is 14.6. The van der Waals surface area contributed by atoms with E-state index in [1.54, 1.807) is 7.11 Å². The summed E-state index contributed by atoms with van der Waals surface area (Å²) >= 11 is 6.12. The molecule has 2 aromatic rings. The van der Waals surface area contributed by atoms with Gasteiger partial charge >= 0.3 is 0 Å². The molecule has 1 aliphatic rings. The fourth-order valence-electron chi connectivity index (χ4n) is 3.28. The molecular formula is C20H26Cl3N3O2. The molecule has 5 nitrogen and oxygen atoms in total. The highest BCUT2D eigenvalue weighted by atomic mass is 35.5. The van der Waals surface area contributed by atoms with Crippen molar-refractivity contribution in [2.45, 2.75) is 24.9 Å². The van der Waals surface area contributed by atoms with Gasteiger partial charge in [-0.05, 0) is 36.6 Å². The SMILES string of the molecule is COc1ccc(Cl)cc1N1CCC(NC(=O)C(N)Cc2ccccc2)C1.Cl.Cl. The molecule has 2 unspecified atom stereocenters. The third-order valence-electron chi connectivity index (χ3n) is 4.65. The zero-order chi connectivity index (χ0) is 18.5. The van der Waals surface area contributed by atoms with E-state index in [0.717, 1.165) is 30.0 Å². The van der Waals surface area contributed by atoms with Crippen LogP contribution in [0.1, 0.15) is 12.0 Å². The van der Waals surface area contributed by atoms with Gasteiger partial charge in [-0.1, -0.05) is 41.9 Å². The topological polar surface area (TPSA) is 67.6 Å². The third kappa shape index (κ3) is 6.17. The standard InChI is InChI=1S/C20H24ClN3O2.2ClH/c1-26-19-8-7-15(21)12-18(19)24-10-9-16(13-24)23-20(25)17(22)11-14-5-3-2-4-6-14;;/h2-8,12,16-17H,9-11,13,22H2,1H3,(H,23,25);2*1H. The van der Waals surface area contributed by atoms with E-state index in [4.69, 9.17) is 22.1 Å². The lowest BCUT2D eigenvalue weighted by Crippen LogP contribution is -2.47. The number of hydrogen-bond donors (Lipinski definition) is 2. The first-order chi connectivity index (χ1) is 12.6. The molecule has 154 valence electrons. The molecule has 0 aromatic heterocycles. The van der Waals surface area contributed by atoms with Gasteiger partial charge in [-0.15, -0.1) is 24.8 Å². The Morgan fingerprint density at radius 2 is 2.00 bits per heavy atom. The van der Waals surface area contributed by atoms with E-state index in [2.05, 4.69) is 10.2 Å². The Labute approximate surface area is 183 Å². The lowest BCUT2D eigenvalue weighted by Gasteiger charge is -2.22. The number of methoxy groups -OCH3 is 1. The van der Waals surface area contributed by atoms with E-state index >= 15 is 0 Å². The summed E-state index contributed by atoms with van der Waals surface area (Å²) < 4.78 is 5.43. The molecule has 2 atom stereocenters. The van der Waals surface area contributed by atoms with Gasteiger partial charge in [0.25, 0.3) is 0 Å². The molecule has 1 saturated heterocycles. The first-order valence-corrected chi connectivity index (χ1v) is 9.13. The molecule has 1 amide bonds. The zero-order valence-electron chi connectivity index (χ0n) is 15.6. The van der Waals surface area contributed by atoms with Crippen molar-refractivity contribution in [2.24, 2.45) is 5.73 Å². The van der Waals surface area contributed by atoms with Gasteiger partial charge in [-0.25, -0.2) is 0 Å². The maximum Gasteiger partial charge on any atom is 0.237 e. The minimum absolute atomic E-state index is 0. The Morgan fingerprint density at radius 1 is 1.29 bits per heavy atom. The third-order valence-corrected chi connectivity index (χ3v) is 4.89. The average Bonchev–Trinajstić information content (AvgIpc) is 3.10. The Morgan fingerprint density at radius 3 is 2.68 bits per heavy atom. The number of rotatable bonds is 6. The summed E-state index contributed by atoms with van der Waals surface area (Å²) in [6.07, 6.45) is 1.39. The molecule has 0 aliphatic carbocycles. The van der Waals surface area contributed by atoms with E-state index in [-0.39, 0.29) is 36.8 Å². The number of nitrogens with one attached hydrogen (secondary N) is 1. The van der Waals surface area contributed by atoms with Crippen molar-refractivity contribution < 1.29 is 9.53 Å². The van der Waals surface area contributed by atoms with Crippen LogP contribution in [0.4, 0.5) is 5.69 Å². The Kier molecular flexibility index (Phi) is 9.90. The van der Waals surface area contributed by atoms with Crippen molar-refractivity contribution in [2.75, 3.05) is 25.1 Å². The number of carbonyl (C=O) groups excluding carboxylic acids is 1. The second-order valence-electron chi connectivity index (χ2n) is 6.55. The Bertz CT molecular complexity index is 762. The van der Waals surface area contributed by atoms with Crippen molar-refractivity contribution in [3.8, 4) is 5.75 Å². The van der Waals surface area contributed by atoms with Crippen LogP contribution in [0, 0.1) is 0 Å². The van der Waals surface area contributed by atoms with Crippen LogP contribution in [0.15, 0.2) is 48.5 Å². The van der Waals surface area contributed by atoms with Crippen LogP contribution in [0.3, 0.4) is 0 Å².